The number of hydrogen-bond acceptors (Lipinski definition) is 12. The lowest BCUT2D eigenvalue weighted by Gasteiger charge is -2.23. The third kappa shape index (κ3) is 11.9. The Morgan fingerprint density at radius 2 is 1.48 bits per heavy atom. The maximum absolute atomic E-state index is 14.4. The molecule has 0 saturated carbocycles. The minimum atomic E-state index is -3.32. The molecule has 340 valence electrons. The Bertz CT molecular complexity index is 2880. The van der Waals surface area contributed by atoms with Gasteiger partial charge in [-0.2, -0.15) is 8.78 Å². The molecule has 0 spiro atoms. The normalized spacial score (nSPS) is 13.8. The number of carbonyl (C=O) groups is 2. The van der Waals surface area contributed by atoms with Crippen LogP contribution >= 0.6 is 11.6 Å². The van der Waals surface area contributed by atoms with Crippen molar-refractivity contribution in [2.24, 2.45) is 0 Å². The number of halogens is 3. The predicted octanol–water partition coefficient (Wildman–Crippen LogP) is 4.69. The van der Waals surface area contributed by atoms with Crippen LogP contribution in [-0.4, -0.2) is 81.5 Å². The van der Waals surface area contributed by atoms with Crippen LogP contribution in [-0.2, 0) is 41.7 Å². The Hall–Kier alpha value is -7.06. The highest BCUT2D eigenvalue weighted by molar-refractivity contribution is 6.35. The molecule has 0 aliphatic carbocycles. The van der Waals surface area contributed by atoms with Gasteiger partial charge in [0.25, 0.3) is 11.1 Å². The third-order valence-corrected chi connectivity index (χ3v) is 11.0. The number of alkyl halides is 2. The molecule has 1 unspecified atom stereocenters. The van der Waals surface area contributed by atoms with E-state index in [1.807, 2.05) is 24.4 Å². The van der Waals surface area contributed by atoms with Gasteiger partial charge in [-0.3, -0.25) is 33.3 Å². The zero-order chi connectivity index (χ0) is 45.9. The molecule has 7 aromatic heterocycles. The van der Waals surface area contributed by atoms with Crippen molar-refractivity contribution in [1.82, 2.24) is 60.0 Å². The molecule has 7 N–H and O–H groups in total. The van der Waals surface area contributed by atoms with Crippen LogP contribution in [0.5, 0.6) is 0 Å². The number of carbonyl (C=O) groups excluding carboxylic acids is 2. The Morgan fingerprint density at radius 3 is 2.12 bits per heavy atom. The van der Waals surface area contributed by atoms with Crippen molar-refractivity contribution in [3.63, 3.8) is 0 Å². The van der Waals surface area contributed by atoms with Crippen LogP contribution in [0.1, 0.15) is 54.2 Å². The van der Waals surface area contributed by atoms with E-state index in [9.17, 15) is 28.0 Å². The summed E-state index contributed by atoms with van der Waals surface area (Å²) < 4.78 is 31.4. The second-order valence-electron chi connectivity index (χ2n) is 15.5. The number of piperidine rings is 1. The van der Waals surface area contributed by atoms with Crippen LogP contribution in [0.25, 0.3) is 22.1 Å². The number of H-pyrrole nitrogens is 2. The van der Waals surface area contributed by atoms with Gasteiger partial charge in [0.2, 0.25) is 11.8 Å². The van der Waals surface area contributed by atoms with E-state index < -0.39 is 29.6 Å². The van der Waals surface area contributed by atoms with Crippen molar-refractivity contribution in [2.45, 2.75) is 77.7 Å². The van der Waals surface area contributed by atoms with Gasteiger partial charge in [-0.1, -0.05) is 24.1 Å². The zero-order valence-electron chi connectivity index (χ0n) is 35.8. The number of anilines is 2. The first-order valence-electron chi connectivity index (χ1n) is 21.1. The number of hydrogen-bond donors (Lipinski definition) is 7. The lowest BCUT2D eigenvalue weighted by Crippen LogP contribution is -2.36. The maximum Gasteiger partial charge on any atom is 0.306 e. The van der Waals surface area contributed by atoms with Crippen molar-refractivity contribution in [2.75, 3.05) is 30.3 Å². The molecule has 8 heterocycles. The van der Waals surface area contributed by atoms with Crippen LogP contribution < -0.4 is 37.7 Å². The van der Waals surface area contributed by atoms with Gasteiger partial charge in [-0.15, -0.1) is 0 Å². The molecule has 1 saturated heterocycles. The van der Waals surface area contributed by atoms with Crippen LogP contribution in [0.4, 0.5) is 20.4 Å². The molecule has 1 atom stereocenters. The van der Waals surface area contributed by atoms with Crippen molar-refractivity contribution in [3.05, 3.63) is 134 Å². The number of pyridine rings is 3. The Balaban J connectivity index is 0.000000195. The summed E-state index contributed by atoms with van der Waals surface area (Å²) in [6.45, 7) is 4.28. The van der Waals surface area contributed by atoms with E-state index in [4.69, 9.17) is 11.6 Å². The van der Waals surface area contributed by atoms with Gasteiger partial charge < -0.3 is 36.6 Å². The van der Waals surface area contributed by atoms with Gasteiger partial charge in [0.15, 0.2) is 11.6 Å². The molecule has 0 radical (unpaired) electrons. The van der Waals surface area contributed by atoms with Crippen LogP contribution in [0, 0.1) is 13.8 Å². The topological polar surface area (TPSA) is 234 Å². The van der Waals surface area contributed by atoms with Gasteiger partial charge in [0.05, 0.1) is 52.6 Å². The summed E-state index contributed by atoms with van der Waals surface area (Å²) in [5.74, 6) is -4.02. The summed E-state index contributed by atoms with van der Waals surface area (Å²) in [4.78, 5) is 77.3. The van der Waals surface area contributed by atoms with E-state index in [1.54, 1.807) is 38.4 Å². The summed E-state index contributed by atoms with van der Waals surface area (Å²) in [5, 5.41) is 15.0. The zero-order valence-corrected chi connectivity index (χ0v) is 36.5. The quantitative estimate of drug-likeness (QED) is 0.0700. The van der Waals surface area contributed by atoms with Gasteiger partial charge in [-0.05, 0) is 82.1 Å². The SMILES string of the molecule is Cc1cnc(NCC(F)(F)c2ccccn2)c(=O)n1CC(=O)NCc1ccc2[nH]cc(Cl)c2n1.Cc1cnc(NCCC2CCCCN2)c(=O)n1CC(=O)NCc1ccc2[nH]ccc2n1. The fourth-order valence-corrected chi connectivity index (χ4v) is 7.33. The van der Waals surface area contributed by atoms with E-state index in [-0.39, 0.29) is 42.7 Å². The van der Waals surface area contributed by atoms with Gasteiger partial charge in [0, 0.05) is 55.0 Å². The Labute approximate surface area is 376 Å². The molecule has 7 aromatic rings. The van der Waals surface area contributed by atoms with Crippen molar-refractivity contribution in [3.8, 4) is 0 Å². The monoisotopic (exact) mass is 910 g/mol. The minimum Gasteiger partial charge on any atom is -0.365 e. The van der Waals surface area contributed by atoms with E-state index in [1.165, 1.54) is 54.4 Å². The molecule has 1 fully saturated rings. The molecule has 0 bridgehead atoms. The van der Waals surface area contributed by atoms with Crippen LogP contribution in [0.2, 0.25) is 5.02 Å². The number of nitrogens with one attached hydrogen (secondary N) is 7. The fraction of sp³-hybridized carbons (Fsp3) is 0.341. The highest BCUT2D eigenvalue weighted by Crippen LogP contribution is 2.26. The number of aryl methyl sites for hydroxylation is 2. The fourth-order valence-electron chi connectivity index (χ4n) is 7.14. The lowest BCUT2D eigenvalue weighted by atomic mass is 10.0. The first-order chi connectivity index (χ1) is 31.3. The van der Waals surface area contributed by atoms with E-state index in [0.717, 1.165) is 39.8 Å². The minimum absolute atomic E-state index is 0.0571. The number of aromatic nitrogens is 9. The second kappa shape index (κ2) is 21.1. The summed E-state index contributed by atoms with van der Waals surface area (Å²) >= 11 is 6.07. The number of aromatic amines is 2. The number of rotatable bonds is 16. The largest absolute Gasteiger partial charge is 0.365 e. The molecular weight excluding hydrogens is 862 g/mol. The Kier molecular flexibility index (Phi) is 14.9. The van der Waals surface area contributed by atoms with Crippen molar-refractivity contribution < 1.29 is 18.4 Å². The molecule has 1 aliphatic rings. The molecule has 1 aliphatic heterocycles. The van der Waals surface area contributed by atoms with Crippen molar-refractivity contribution >= 4 is 57.1 Å². The summed E-state index contributed by atoms with van der Waals surface area (Å²) in [7, 11) is 0. The first-order valence-corrected chi connectivity index (χ1v) is 21.4. The van der Waals surface area contributed by atoms with Crippen molar-refractivity contribution in [1.29, 1.82) is 0 Å². The molecular formula is C44H49ClF2N14O4. The van der Waals surface area contributed by atoms with E-state index in [0.29, 0.717) is 46.8 Å². The summed E-state index contributed by atoms with van der Waals surface area (Å²) in [5.41, 5.74) is 4.16. The number of fused-ring (bicyclic) bond motifs is 2. The van der Waals surface area contributed by atoms with Gasteiger partial charge >= 0.3 is 5.92 Å². The molecule has 2 amide bonds. The average Bonchev–Trinajstić information content (AvgIpc) is 3.94. The van der Waals surface area contributed by atoms with Crippen LogP contribution in [0.15, 0.2) is 89.1 Å². The molecule has 65 heavy (non-hydrogen) atoms. The van der Waals surface area contributed by atoms with Gasteiger partial charge in [-0.25, -0.2) is 19.9 Å². The van der Waals surface area contributed by atoms with E-state index in [2.05, 4.69) is 61.5 Å². The highest BCUT2D eigenvalue weighted by atomic mass is 35.5. The standard InChI is InChI=1S/C22H20ClF2N7O2.C22H29N7O2/c1-13-8-29-20(30-12-22(24,25)17-4-2-3-7-26-17)21(34)32(13)11-18(33)28-9-14-5-6-16-19(31-14)15(23)10-27-16;1-15-12-27-21(25-10-7-16-4-2-3-9-23-16)22(31)29(15)14-20(30)26-13-17-5-6-18-19(28-17)8-11-24-18/h2-8,10,27H,9,11-12H2,1H3,(H,28,33)(H,29,30);5-6,8,11-12,16,23-24H,2-4,7,9-10,13-14H2,1H3,(H,25,27)(H,26,30). The summed E-state index contributed by atoms with van der Waals surface area (Å²) in [6, 6.07) is 13.9. The van der Waals surface area contributed by atoms with Crippen LogP contribution in [0.3, 0.4) is 0 Å². The Morgan fingerprint density at radius 1 is 0.815 bits per heavy atom. The predicted molar refractivity (Wildman–Crippen MR) is 243 cm³/mol. The number of nitrogens with zero attached hydrogens (tertiary/aromatic N) is 7. The number of amides is 2. The highest BCUT2D eigenvalue weighted by Gasteiger charge is 2.33. The molecule has 8 rings (SSSR count). The first kappa shape index (κ1) is 45.9. The van der Waals surface area contributed by atoms with Gasteiger partial charge in [0.1, 0.15) is 24.3 Å². The summed E-state index contributed by atoms with van der Waals surface area (Å²) in [6.07, 6.45) is 12.3. The van der Waals surface area contributed by atoms with E-state index >= 15 is 0 Å². The second-order valence-corrected chi connectivity index (χ2v) is 15.9. The molecule has 0 aromatic carbocycles. The molecule has 21 heteroatoms. The third-order valence-electron chi connectivity index (χ3n) is 10.8. The smallest absolute Gasteiger partial charge is 0.306 e. The maximum atomic E-state index is 14.4. The molecule has 18 nitrogen and oxygen atoms in total. The average molecular weight is 911 g/mol. The lowest BCUT2D eigenvalue weighted by molar-refractivity contribution is -0.122.